The highest BCUT2D eigenvalue weighted by atomic mass is 19.4. The molecule has 0 saturated heterocycles. The van der Waals surface area contributed by atoms with Crippen LogP contribution in [-0.4, -0.2) is 11.6 Å². The van der Waals surface area contributed by atoms with Gasteiger partial charge in [0.1, 0.15) is 0 Å². The zero-order valence-corrected chi connectivity index (χ0v) is 17.7. The Balaban J connectivity index is 1.80. The van der Waals surface area contributed by atoms with Crippen LogP contribution < -0.4 is 10.0 Å². The number of nitrogens with zero attached hydrogens (tertiary/aromatic N) is 2. The number of nitrogens with one attached hydrogen (secondary N) is 1. The van der Waals surface area contributed by atoms with Gasteiger partial charge in [-0.05, 0) is 47.4 Å². The third-order valence-corrected chi connectivity index (χ3v) is 5.40. The highest BCUT2D eigenvalue weighted by Gasteiger charge is 2.34. The van der Waals surface area contributed by atoms with Gasteiger partial charge in [-0.25, -0.2) is 0 Å². The molecule has 0 aliphatic carbocycles. The van der Waals surface area contributed by atoms with E-state index < -0.39 is 17.6 Å². The molecule has 0 saturated carbocycles. The zero-order valence-electron chi connectivity index (χ0n) is 17.7. The van der Waals surface area contributed by atoms with Crippen LogP contribution in [0.1, 0.15) is 34.5 Å². The molecule has 0 unspecified atom stereocenters. The van der Waals surface area contributed by atoms with E-state index in [9.17, 15) is 23.2 Å². The Morgan fingerprint density at radius 1 is 0.969 bits per heavy atom. The number of benzene rings is 2. The lowest BCUT2D eigenvalue weighted by atomic mass is 9.99. The topological polar surface area (TPSA) is 68.4 Å². The van der Waals surface area contributed by atoms with Crippen LogP contribution >= 0.6 is 0 Å². The predicted octanol–water partition coefficient (Wildman–Crippen LogP) is 5.39. The quantitative estimate of drug-likeness (QED) is 0.429. The molecule has 1 aliphatic rings. The van der Waals surface area contributed by atoms with Gasteiger partial charge in [0.2, 0.25) is 5.91 Å². The number of carbonyl (C=O) groups excluding carboxylic acids is 1. The molecule has 8 heteroatoms. The minimum Gasteiger partial charge on any atom is -0.618 e. The van der Waals surface area contributed by atoms with Crippen LogP contribution in [0.15, 0.2) is 53.5 Å². The molecule has 3 aromatic rings. The van der Waals surface area contributed by atoms with Gasteiger partial charge >= 0.3 is 6.18 Å². The molecule has 0 radical (unpaired) electrons. The SMILES string of the molecule is Cc1cc2c(cc1C(F)(F)F)NC(=O)CC(c1cccc(-c3cc(C)[n+]([O-])c(C)c3)c1)=N2. The number of hydrogen-bond donors (Lipinski definition) is 1. The first-order valence-electron chi connectivity index (χ1n) is 9.94. The van der Waals surface area contributed by atoms with Crippen molar-refractivity contribution in [3.05, 3.63) is 81.8 Å². The molecule has 1 N–H and O–H groups in total. The number of pyridine rings is 1. The Kier molecular flexibility index (Phi) is 5.24. The van der Waals surface area contributed by atoms with Gasteiger partial charge in [0, 0.05) is 26.0 Å². The lowest BCUT2D eigenvalue weighted by Gasteiger charge is -2.13. The van der Waals surface area contributed by atoms with E-state index in [-0.39, 0.29) is 23.4 Å². The number of aromatic nitrogens is 1. The third kappa shape index (κ3) is 4.08. The first-order valence-corrected chi connectivity index (χ1v) is 9.94. The molecule has 164 valence electrons. The summed E-state index contributed by atoms with van der Waals surface area (Å²) in [6.07, 6.45) is -4.60. The predicted molar refractivity (Wildman–Crippen MR) is 116 cm³/mol. The van der Waals surface area contributed by atoms with Gasteiger partial charge in [0.15, 0.2) is 11.4 Å². The van der Waals surface area contributed by atoms with Crippen molar-refractivity contribution in [3.63, 3.8) is 0 Å². The summed E-state index contributed by atoms with van der Waals surface area (Å²) in [6.45, 7) is 4.82. The molecule has 2 aromatic carbocycles. The van der Waals surface area contributed by atoms with E-state index >= 15 is 0 Å². The van der Waals surface area contributed by atoms with E-state index in [1.54, 1.807) is 32.0 Å². The molecule has 32 heavy (non-hydrogen) atoms. The second-order valence-corrected chi connectivity index (χ2v) is 7.87. The maximum atomic E-state index is 13.3. The second-order valence-electron chi connectivity index (χ2n) is 7.87. The molecular formula is C24H20F3N3O2. The van der Waals surface area contributed by atoms with E-state index in [1.807, 2.05) is 18.2 Å². The Morgan fingerprint density at radius 3 is 2.28 bits per heavy atom. The van der Waals surface area contributed by atoms with Crippen molar-refractivity contribution < 1.29 is 22.7 Å². The fourth-order valence-electron chi connectivity index (χ4n) is 3.82. The monoisotopic (exact) mass is 439 g/mol. The molecule has 0 atom stereocenters. The highest BCUT2D eigenvalue weighted by molar-refractivity contribution is 6.17. The summed E-state index contributed by atoms with van der Waals surface area (Å²) in [5.74, 6) is -0.441. The normalized spacial score (nSPS) is 13.8. The number of hydrogen-bond acceptors (Lipinski definition) is 3. The molecular weight excluding hydrogens is 419 g/mol. The van der Waals surface area contributed by atoms with Crippen molar-refractivity contribution in [2.75, 3.05) is 5.32 Å². The number of anilines is 1. The average molecular weight is 439 g/mol. The molecule has 0 bridgehead atoms. The largest absolute Gasteiger partial charge is 0.618 e. The molecule has 5 nitrogen and oxygen atoms in total. The number of aryl methyl sites for hydroxylation is 3. The molecule has 0 spiro atoms. The summed E-state index contributed by atoms with van der Waals surface area (Å²) in [7, 11) is 0. The maximum absolute atomic E-state index is 13.3. The van der Waals surface area contributed by atoms with Gasteiger partial charge in [-0.3, -0.25) is 9.79 Å². The number of amides is 1. The Labute approximate surface area is 182 Å². The number of alkyl halides is 3. The van der Waals surface area contributed by atoms with Gasteiger partial charge in [0.25, 0.3) is 0 Å². The summed E-state index contributed by atoms with van der Waals surface area (Å²) in [4.78, 5) is 17.0. The van der Waals surface area contributed by atoms with E-state index in [0.29, 0.717) is 22.7 Å². The Morgan fingerprint density at radius 2 is 1.62 bits per heavy atom. The standard InChI is InChI=1S/C24H20F3N3O2/c1-13-7-21-22(11-19(13)24(25,26)27)29-23(31)12-20(28-21)17-6-4-5-16(10-17)18-8-14(2)30(32)15(3)9-18/h4-11H,12H2,1-3H3,(H,29,31). The number of rotatable bonds is 2. The fraction of sp³-hybridized carbons (Fsp3) is 0.208. The minimum absolute atomic E-state index is 0.0328. The van der Waals surface area contributed by atoms with Gasteiger partial charge < -0.3 is 10.5 Å². The Bertz CT molecular complexity index is 1260. The first kappa shape index (κ1) is 21.5. The smallest absolute Gasteiger partial charge is 0.416 e. The van der Waals surface area contributed by atoms with Crippen molar-refractivity contribution in [1.29, 1.82) is 0 Å². The van der Waals surface area contributed by atoms with Crippen molar-refractivity contribution in [2.24, 2.45) is 4.99 Å². The van der Waals surface area contributed by atoms with Crippen LogP contribution in [0.5, 0.6) is 0 Å². The summed E-state index contributed by atoms with van der Waals surface area (Å²) in [6, 6.07) is 13.2. The molecule has 0 fully saturated rings. The highest BCUT2D eigenvalue weighted by Crippen LogP contribution is 2.39. The van der Waals surface area contributed by atoms with Crippen LogP contribution in [0, 0.1) is 26.0 Å². The van der Waals surface area contributed by atoms with Crippen LogP contribution in [0.4, 0.5) is 24.5 Å². The van der Waals surface area contributed by atoms with Crippen LogP contribution in [0.2, 0.25) is 0 Å². The van der Waals surface area contributed by atoms with E-state index in [0.717, 1.165) is 21.9 Å². The third-order valence-electron chi connectivity index (χ3n) is 5.40. The first-order chi connectivity index (χ1) is 15.0. The summed E-state index contributed by atoms with van der Waals surface area (Å²) < 4.78 is 40.7. The fourth-order valence-corrected chi connectivity index (χ4v) is 3.82. The lowest BCUT2D eigenvalue weighted by Crippen LogP contribution is -2.33. The van der Waals surface area contributed by atoms with Crippen LogP contribution in [0.25, 0.3) is 11.1 Å². The summed E-state index contributed by atoms with van der Waals surface area (Å²) in [5.41, 5.74) is 3.47. The van der Waals surface area contributed by atoms with Gasteiger partial charge in [-0.2, -0.15) is 17.9 Å². The van der Waals surface area contributed by atoms with E-state index in [1.165, 1.54) is 13.0 Å². The van der Waals surface area contributed by atoms with Crippen molar-refractivity contribution >= 4 is 23.0 Å². The molecule has 1 amide bonds. The van der Waals surface area contributed by atoms with Gasteiger partial charge in [-0.1, -0.05) is 18.2 Å². The van der Waals surface area contributed by atoms with Gasteiger partial charge in [-0.15, -0.1) is 0 Å². The minimum atomic E-state index is -4.52. The van der Waals surface area contributed by atoms with Crippen molar-refractivity contribution in [2.45, 2.75) is 33.4 Å². The average Bonchev–Trinajstić information content (AvgIpc) is 2.88. The number of aliphatic imine (C=N–C) groups is 1. The van der Waals surface area contributed by atoms with Crippen LogP contribution in [-0.2, 0) is 11.0 Å². The number of fused-ring (bicyclic) bond motifs is 1. The lowest BCUT2D eigenvalue weighted by molar-refractivity contribution is -0.619. The zero-order chi connectivity index (χ0) is 23.2. The summed E-state index contributed by atoms with van der Waals surface area (Å²) in [5, 5.41) is 14.5. The van der Waals surface area contributed by atoms with Crippen molar-refractivity contribution in [3.8, 4) is 11.1 Å². The number of halogens is 3. The van der Waals surface area contributed by atoms with E-state index in [4.69, 9.17) is 0 Å². The Hall–Kier alpha value is -3.68. The molecule has 1 aromatic heterocycles. The second kappa shape index (κ2) is 7.78. The molecule has 1 aliphatic heterocycles. The molecule has 2 heterocycles. The number of carbonyl (C=O) groups is 1. The van der Waals surface area contributed by atoms with Crippen molar-refractivity contribution in [1.82, 2.24) is 0 Å². The maximum Gasteiger partial charge on any atom is 0.416 e. The van der Waals surface area contributed by atoms with Crippen LogP contribution in [0.3, 0.4) is 0 Å². The molecule has 4 rings (SSSR count). The van der Waals surface area contributed by atoms with E-state index in [2.05, 4.69) is 10.3 Å². The summed E-state index contributed by atoms with van der Waals surface area (Å²) >= 11 is 0. The van der Waals surface area contributed by atoms with Gasteiger partial charge in [0.05, 0.1) is 29.1 Å².